The van der Waals surface area contributed by atoms with Gasteiger partial charge < -0.3 is 19.7 Å². The van der Waals surface area contributed by atoms with Crippen molar-refractivity contribution < 1.29 is 19.4 Å². The van der Waals surface area contributed by atoms with Crippen LogP contribution in [0.2, 0.25) is 0 Å². The third kappa shape index (κ3) is 2.61. The number of hydrogen-bond donors (Lipinski definition) is 2. The Morgan fingerprint density at radius 1 is 1.40 bits per heavy atom. The maximum atomic E-state index is 12.0. The molecule has 1 aromatic heterocycles. The summed E-state index contributed by atoms with van der Waals surface area (Å²) in [4.78, 5) is 27.1. The van der Waals surface area contributed by atoms with E-state index in [-0.39, 0.29) is 11.3 Å². The van der Waals surface area contributed by atoms with Crippen LogP contribution in [-0.2, 0) is 7.05 Å². The molecule has 7 heteroatoms. The zero-order chi connectivity index (χ0) is 14.7. The maximum absolute atomic E-state index is 12.0. The monoisotopic (exact) mass is 275 g/mol. The van der Waals surface area contributed by atoms with Gasteiger partial charge in [0, 0.05) is 7.05 Å². The van der Waals surface area contributed by atoms with Gasteiger partial charge in [-0.05, 0) is 18.2 Å². The van der Waals surface area contributed by atoms with E-state index in [2.05, 4.69) is 10.3 Å². The second kappa shape index (κ2) is 5.43. The Morgan fingerprint density at radius 3 is 2.70 bits per heavy atom. The fraction of sp³-hybridized carbons (Fsp3) is 0.154. The van der Waals surface area contributed by atoms with Crippen molar-refractivity contribution in [3.8, 4) is 5.75 Å². The van der Waals surface area contributed by atoms with Crippen LogP contribution in [0.15, 0.2) is 30.7 Å². The topological polar surface area (TPSA) is 93.5 Å². The molecule has 0 aliphatic rings. The number of benzene rings is 1. The number of methoxy groups -OCH3 is 1. The molecule has 0 atom stereocenters. The fourth-order valence-electron chi connectivity index (χ4n) is 1.70. The number of aryl methyl sites for hydroxylation is 1. The van der Waals surface area contributed by atoms with Gasteiger partial charge in [0.25, 0.3) is 5.91 Å². The Morgan fingerprint density at radius 2 is 2.15 bits per heavy atom. The maximum Gasteiger partial charge on any atom is 0.337 e. The van der Waals surface area contributed by atoms with Gasteiger partial charge in [-0.3, -0.25) is 4.79 Å². The van der Waals surface area contributed by atoms with Crippen LogP contribution in [0.1, 0.15) is 20.8 Å². The van der Waals surface area contributed by atoms with Crippen molar-refractivity contribution in [1.29, 1.82) is 0 Å². The molecule has 2 rings (SSSR count). The molecule has 2 N–H and O–H groups in total. The van der Waals surface area contributed by atoms with E-state index >= 15 is 0 Å². The first kappa shape index (κ1) is 13.6. The average Bonchev–Trinajstić information content (AvgIpc) is 2.85. The fourth-order valence-corrected chi connectivity index (χ4v) is 1.70. The van der Waals surface area contributed by atoms with Crippen molar-refractivity contribution in [2.75, 3.05) is 12.4 Å². The molecule has 7 nitrogen and oxygen atoms in total. The van der Waals surface area contributed by atoms with E-state index < -0.39 is 11.9 Å². The number of carbonyl (C=O) groups is 2. The third-order valence-electron chi connectivity index (χ3n) is 2.75. The lowest BCUT2D eigenvalue weighted by Gasteiger charge is -2.10. The number of aromatic nitrogens is 2. The molecule has 0 radical (unpaired) electrons. The highest BCUT2D eigenvalue weighted by molar-refractivity contribution is 6.07. The average molecular weight is 275 g/mol. The van der Waals surface area contributed by atoms with Gasteiger partial charge in [-0.2, -0.15) is 0 Å². The summed E-state index contributed by atoms with van der Waals surface area (Å²) in [7, 11) is 3.11. The minimum absolute atomic E-state index is 0.0418. The highest BCUT2D eigenvalue weighted by Gasteiger charge is 2.16. The molecule has 104 valence electrons. The number of carboxylic acids is 1. The highest BCUT2D eigenvalue weighted by atomic mass is 16.5. The summed E-state index contributed by atoms with van der Waals surface area (Å²) in [5.74, 6) is -1.18. The standard InChI is InChI=1S/C13H13N3O4/c1-16-7-14-6-11(16)12(17)15-10-4-3-8(20-2)5-9(10)13(18)19/h3-7H,1-2H3,(H,15,17)(H,18,19). The van der Waals surface area contributed by atoms with Crippen LogP contribution in [0.25, 0.3) is 0 Å². The molecule has 2 aromatic rings. The minimum Gasteiger partial charge on any atom is -0.497 e. The lowest BCUT2D eigenvalue weighted by molar-refractivity contribution is 0.0697. The number of amides is 1. The number of hydrogen-bond acceptors (Lipinski definition) is 4. The molecule has 0 fully saturated rings. The van der Waals surface area contributed by atoms with Crippen LogP contribution in [0, 0.1) is 0 Å². The van der Waals surface area contributed by atoms with E-state index in [1.807, 2.05) is 0 Å². The van der Waals surface area contributed by atoms with Crippen LogP contribution in [0.3, 0.4) is 0 Å². The number of nitrogens with zero attached hydrogens (tertiary/aromatic N) is 2. The second-order valence-corrected chi connectivity index (χ2v) is 4.06. The molecule has 1 aromatic carbocycles. The van der Waals surface area contributed by atoms with Gasteiger partial charge in [0.05, 0.1) is 30.9 Å². The molecule has 1 heterocycles. The number of rotatable bonds is 4. The van der Waals surface area contributed by atoms with Gasteiger partial charge in [0.1, 0.15) is 11.4 Å². The highest BCUT2D eigenvalue weighted by Crippen LogP contribution is 2.22. The van der Waals surface area contributed by atoms with Crippen LogP contribution in [0.4, 0.5) is 5.69 Å². The Labute approximate surface area is 114 Å². The van der Waals surface area contributed by atoms with Gasteiger partial charge in [-0.25, -0.2) is 9.78 Å². The zero-order valence-corrected chi connectivity index (χ0v) is 11.0. The number of carbonyl (C=O) groups excluding carboxylic acids is 1. The molecule has 0 bridgehead atoms. The van der Waals surface area contributed by atoms with E-state index in [4.69, 9.17) is 9.84 Å². The first-order valence-electron chi connectivity index (χ1n) is 5.72. The summed E-state index contributed by atoms with van der Waals surface area (Å²) in [6.45, 7) is 0. The number of imidazole rings is 1. The molecule has 0 unspecified atom stereocenters. The number of anilines is 1. The first-order chi connectivity index (χ1) is 9.52. The van der Waals surface area contributed by atoms with Crippen molar-refractivity contribution in [2.24, 2.45) is 7.05 Å². The molecule has 0 aliphatic carbocycles. The smallest absolute Gasteiger partial charge is 0.337 e. The van der Waals surface area contributed by atoms with Crippen molar-refractivity contribution in [1.82, 2.24) is 9.55 Å². The van der Waals surface area contributed by atoms with E-state index in [0.717, 1.165) is 0 Å². The minimum atomic E-state index is -1.15. The van der Waals surface area contributed by atoms with Crippen molar-refractivity contribution in [3.63, 3.8) is 0 Å². The van der Waals surface area contributed by atoms with E-state index in [1.165, 1.54) is 31.8 Å². The second-order valence-electron chi connectivity index (χ2n) is 4.06. The summed E-state index contributed by atoms with van der Waals surface area (Å²) in [6, 6.07) is 4.41. The quantitative estimate of drug-likeness (QED) is 0.879. The Bertz CT molecular complexity index is 663. The Hall–Kier alpha value is -2.83. The molecule has 0 aliphatic heterocycles. The SMILES string of the molecule is COc1ccc(NC(=O)c2cncn2C)c(C(=O)O)c1. The molecular weight excluding hydrogens is 262 g/mol. The van der Waals surface area contributed by atoms with Crippen LogP contribution < -0.4 is 10.1 Å². The van der Waals surface area contributed by atoms with Crippen molar-refractivity contribution >= 4 is 17.6 Å². The van der Waals surface area contributed by atoms with Crippen LogP contribution in [0.5, 0.6) is 5.75 Å². The molecule has 0 saturated carbocycles. The Balaban J connectivity index is 2.32. The van der Waals surface area contributed by atoms with Gasteiger partial charge in [0.15, 0.2) is 0 Å². The Kier molecular flexibility index (Phi) is 3.69. The number of nitrogens with one attached hydrogen (secondary N) is 1. The largest absolute Gasteiger partial charge is 0.497 e. The molecule has 0 saturated heterocycles. The number of aromatic carboxylic acids is 1. The summed E-state index contributed by atoms with van der Waals surface area (Å²) >= 11 is 0. The summed E-state index contributed by atoms with van der Waals surface area (Å²) < 4.78 is 6.51. The lowest BCUT2D eigenvalue weighted by Crippen LogP contribution is -2.17. The van der Waals surface area contributed by atoms with Crippen LogP contribution >= 0.6 is 0 Å². The van der Waals surface area contributed by atoms with Crippen LogP contribution in [-0.4, -0.2) is 33.6 Å². The van der Waals surface area contributed by atoms with E-state index in [9.17, 15) is 9.59 Å². The van der Waals surface area contributed by atoms with E-state index in [1.54, 1.807) is 17.7 Å². The van der Waals surface area contributed by atoms with E-state index in [0.29, 0.717) is 11.4 Å². The van der Waals surface area contributed by atoms with Gasteiger partial charge in [-0.15, -0.1) is 0 Å². The molecular formula is C13H13N3O4. The van der Waals surface area contributed by atoms with Crippen molar-refractivity contribution in [3.05, 3.63) is 42.0 Å². The molecule has 0 spiro atoms. The van der Waals surface area contributed by atoms with Gasteiger partial charge in [-0.1, -0.05) is 0 Å². The number of carboxylic acid groups (broad SMARTS) is 1. The van der Waals surface area contributed by atoms with Gasteiger partial charge >= 0.3 is 5.97 Å². The van der Waals surface area contributed by atoms with Crippen molar-refractivity contribution in [2.45, 2.75) is 0 Å². The first-order valence-corrected chi connectivity index (χ1v) is 5.72. The normalized spacial score (nSPS) is 10.1. The lowest BCUT2D eigenvalue weighted by atomic mass is 10.1. The van der Waals surface area contributed by atoms with Gasteiger partial charge in [0.2, 0.25) is 0 Å². The predicted octanol–water partition coefficient (Wildman–Crippen LogP) is 1.38. The summed E-state index contributed by atoms with van der Waals surface area (Å²) in [5.41, 5.74) is 0.488. The molecule has 1 amide bonds. The summed E-state index contributed by atoms with van der Waals surface area (Å²) in [6.07, 6.45) is 2.89. The zero-order valence-electron chi connectivity index (χ0n) is 11.0. The predicted molar refractivity (Wildman–Crippen MR) is 71.1 cm³/mol. The summed E-state index contributed by atoms with van der Waals surface area (Å²) in [5, 5.41) is 11.7. The molecule has 20 heavy (non-hydrogen) atoms. The third-order valence-corrected chi connectivity index (χ3v) is 2.75. The number of ether oxygens (including phenoxy) is 1.